The standard InChI is InChI=1S/2C7H9N.C4H4O4/c2*1-6-4-3-5-8-7(6)2;5-3(6)1-2-4(7)8/h2*3-5H,1-2H3;1-2H,(H,5,6)(H,7,8)/b;;2-1+. The van der Waals surface area contributed by atoms with Crippen molar-refractivity contribution in [3.8, 4) is 0 Å². The molecule has 2 rings (SSSR count). The Morgan fingerprint density at radius 3 is 1.29 bits per heavy atom. The van der Waals surface area contributed by atoms with Gasteiger partial charge in [0.25, 0.3) is 0 Å². The van der Waals surface area contributed by atoms with E-state index in [9.17, 15) is 9.59 Å². The van der Waals surface area contributed by atoms with Crippen molar-refractivity contribution in [2.45, 2.75) is 27.7 Å². The predicted molar refractivity (Wildman–Crippen MR) is 91.8 cm³/mol. The van der Waals surface area contributed by atoms with Crippen LogP contribution in [-0.4, -0.2) is 32.1 Å². The average molecular weight is 330 g/mol. The fourth-order valence-corrected chi connectivity index (χ4v) is 1.27. The van der Waals surface area contributed by atoms with E-state index in [4.69, 9.17) is 10.2 Å². The van der Waals surface area contributed by atoms with Gasteiger partial charge in [0.2, 0.25) is 0 Å². The Morgan fingerprint density at radius 1 is 0.792 bits per heavy atom. The lowest BCUT2D eigenvalue weighted by Crippen LogP contribution is -1.91. The molecule has 128 valence electrons. The van der Waals surface area contributed by atoms with Crippen LogP contribution in [0.15, 0.2) is 48.8 Å². The van der Waals surface area contributed by atoms with Crippen LogP contribution in [0.4, 0.5) is 0 Å². The Labute approximate surface area is 141 Å². The summed E-state index contributed by atoms with van der Waals surface area (Å²) >= 11 is 0. The summed E-state index contributed by atoms with van der Waals surface area (Å²) in [6.45, 7) is 8.13. The van der Waals surface area contributed by atoms with Crippen molar-refractivity contribution in [3.05, 3.63) is 71.3 Å². The first-order chi connectivity index (χ1) is 11.2. The smallest absolute Gasteiger partial charge is 0.328 e. The SMILES string of the molecule is Cc1cccnc1C.Cc1cccnc1C.O=C(O)/C=C/C(=O)O. The number of pyridine rings is 2. The lowest BCUT2D eigenvalue weighted by molar-refractivity contribution is -0.134. The van der Waals surface area contributed by atoms with Crippen molar-refractivity contribution in [1.82, 2.24) is 9.97 Å². The Balaban J connectivity index is 0.000000331. The molecule has 0 saturated carbocycles. The van der Waals surface area contributed by atoms with Crippen LogP contribution in [0, 0.1) is 27.7 Å². The summed E-state index contributed by atoms with van der Waals surface area (Å²) < 4.78 is 0. The van der Waals surface area contributed by atoms with Crippen LogP contribution in [0.25, 0.3) is 0 Å². The number of hydrogen-bond donors (Lipinski definition) is 2. The third-order valence-corrected chi connectivity index (χ3v) is 2.91. The molecule has 6 heteroatoms. The van der Waals surface area contributed by atoms with Crippen molar-refractivity contribution < 1.29 is 19.8 Å². The Hall–Kier alpha value is -3.02. The molecule has 0 aliphatic carbocycles. The van der Waals surface area contributed by atoms with E-state index in [0.717, 1.165) is 11.4 Å². The zero-order valence-electron chi connectivity index (χ0n) is 14.2. The summed E-state index contributed by atoms with van der Waals surface area (Å²) in [5, 5.41) is 15.6. The number of aromatic nitrogens is 2. The molecule has 0 aromatic carbocycles. The quantitative estimate of drug-likeness (QED) is 0.821. The van der Waals surface area contributed by atoms with Gasteiger partial charge in [-0.2, -0.15) is 0 Å². The van der Waals surface area contributed by atoms with E-state index in [0.29, 0.717) is 12.2 Å². The topological polar surface area (TPSA) is 100 Å². The fourth-order valence-electron chi connectivity index (χ4n) is 1.27. The molecule has 0 bridgehead atoms. The second kappa shape index (κ2) is 11.5. The number of rotatable bonds is 2. The molecular formula is C18H22N2O4. The van der Waals surface area contributed by atoms with E-state index in [1.807, 2.05) is 38.4 Å². The number of carbonyl (C=O) groups is 2. The summed E-state index contributed by atoms with van der Waals surface area (Å²) in [4.78, 5) is 27.3. The Kier molecular flexibility index (Phi) is 10.1. The van der Waals surface area contributed by atoms with Crippen molar-refractivity contribution in [3.63, 3.8) is 0 Å². The van der Waals surface area contributed by atoms with E-state index in [1.54, 1.807) is 0 Å². The average Bonchev–Trinajstić information content (AvgIpc) is 2.52. The lowest BCUT2D eigenvalue weighted by Gasteiger charge is -1.92. The number of nitrogens with zero attached hydrogens (tertiary/aromatic N) is 2. The summed E-state index contributed by atoms with van der Waals surface area (Å²) in [5.41, 5.74) is 4.75. The first-order valence-corrected chi connectivity index (χ1v) is 7.14. The van der Waals surface area contributed by atoms with Crippen LogP contribution >= 0.6 is 0 Å². The summed E-state index contributed by atoms with van der Waals surface area (Å²) in [7, 11) is 0. The van der Waals surface area contributed by atoms with Gasteiger partial charge in [0, 0.05) is 35.9 Å². The third kappa shape index (κ3) is 10.7. The number of hydrogen-bond acceptors (Lipinski definition) is 4. The molecule has 2 N–H and O–H groups in total. The molecule has 2 heterocycles. The molecule has 0 fully saturated rings. The summed E-state index contributed by atoms with van der Waals surface area (Å²) in [6, 6.07) is 8.01. The zero-order valence-corrected chi connectivity index (χ0v) is 14.2. The highest BCUT2D eigenvalue weighted by molar-refractivity contribution is 5.89. The number of carboxylic acids is 2. The fraction of sp³-hybridized carbons (Fsp3) is 0.222. The van der Waals surface area contributed by atoms with E-state index in [1.165, 1.54) is 11.1 Å². The van der Waals surface area contributed by atoms with Crippen LogP contribution in [0.3, 0.4) is 0 Å². The largest absolute Gasteiger partial charge is 0.478 e. The molecule has 0 atom stereocenters. The monoisotopic (exact) mass is 330 g/mol. The highest BCUT2D eigenvalue weighted by atomic mass is 16.4. The van der Waals surface area contributed by atoms with Gasteiger partial charge in [0.1, 0.15) is 0 Å². The van der Waals surface area contributed by atoms with Gasteiger partial charge < -0.3 is 10.2 Å². The molecule has 0 unspecified atom stereocenters. The second-order valence-corrected chi connectivity index (χ2v) is 4.82. The molecular weight excluding hydrogens is 308 g/mol. The highest BCUT2D eigenvalue weighted by Gasteiger charge is 1.88. The molecule has 2 aromatic heterocycles. The Morgan fingerprint density at radius 2 is 1.12 bits per heavy atom. The molecule has 2 aromatic rings. The summed E-state index contributed by atoms with van der Waals surface area (Å²) in [6.07, 6.45) is 4.73. The van der Waals surface area contributed by atoms with Crippen molar-refractivity contribution in [2.75, 3.05) is 0 Å². The van der Waals surface area contributed by atoms with E-state index in [2.05, 4.69) is 35.9 Å². The lowest BCUT2D eigenvalue weighted by atomic mass is 10.2. The minimum atomic E-state index is -1.26. The van der Waals surface area contributed by atoms with E-state index >= 15 is 0 Å². The van der Waals surface area contributed by atoms with Crippen molar-refractivity contribution in [2.24, 2.45) is 0 Å². The van der Waals surface area contributed by atoms with Gasteiger partial charge in [-0.3, -0.25) is 9.97 Å². The maximum atomic E-state index is 9.55. The molecule has 0 aliphatic heterocycles. The molecule has 0 radical (unpaired) electrons. The van der Waals surface area contributed by atoms with Crippen molar-refractivity contribution >= 4 is 11.9 Å². The van der Waals surface area contributed by atoms with Crippen LogP contribution < -0.4 is 0 Å². The number of carboxylic acid groups (broad SMARTS) is 2. The minimum absolute atomic E-state index is 0.558. The molecule has 0 saturated heterocycles. The normalized spacial score (nSPS) is 9.33. The van der Waals surface area contributed by atoms with Gasteiger partial charge in [-0.15, -0.1) is 0 Å². The predicted octanol–water partition coefficient (Wildman–Crippen LogP) is 3.11. The van der Waals surface area contributed by atoms with Crippen LogP contribution in [-0.2, 0) is 9.59 Å². The first kappa shape index (κ1) is 21.0. The van der Waals surface area contributed by atoms with Gasteiger partial charge in [0.15, 0.2) is 0 Å². The van der Waals surface area contributed by atoms with Gasteiger partial charge >= 0.3 is 11.9 Å². The van der Waals surface area contributed by atoms with Gasteiger partial charge in [-0.1, -0.05) is 12.1 Å². The van der Waals surface area contributed by atoms with Crippen molar-refractivity contribution in [1.29, 1.82) is 0 Å². The second-order valence-electron chi connectivity index (χ2n) is 4.82. The zero-order chi connectivity index (χ0) is 18.5. The molecule has 6 nitrogen and oxygen atoms in total. The minimum Gasteiger partial charge on any atom is -0.478 e. The van der Waals surface area contributed by atoms with E-state index < -0.39 is 11.9 Å². The van der Waals surface area contributed by atoms with Crippen LogP contribution in [0.2, 0.25) is 0 Å². The maximum absolute atomic E-state index is 9.55. The maximum Gasteiger partial charge on any atom is 0.328 e. The molecule has 0 aliphatic rings. The molecule has 24 heavy (non-hydrogen) atoms. The van der Waals surface area contributed by atoms with Gasteiger partial charge in [-0.25, -0.2) is 9.59 Å². The molecule has 0 amide bonds. The van der Waals surface area contributed by atoms with Crippen LogP contribution in [0.5, 0.6) is 0 Å². The summed E-state index contributed by atoms with van der Waals surface area (Å²) in [5.74, 6) is -2.51. The van der Waals surface area contributed by atoms with E-state index in [-0.39, 0.29) is 0 Å². The molecule has 0 spiro atoms. The highest BCUT2D eigenvalue weighted by Crippen LogP contribution is 1.99. The Bertz CT molecular complexity index is 595. The van der Waals surface area contributed by atoms with Gasteiger partial charge in [-0.05, 0) is 51.0 Å². The van der Waals surface area contributed by atoms with Crippen LogP contribution in [0.1, 0.15) is 22.5 Å². The number of aliphatic carboxylic acids is 2. The third-order valence-electron chi connectivity index (χ3n) is 2.91. The first-order valence-electron chi connectivity index (χ1n) is 7.14. The number of aryl methyl sites for hydroxylation is 4. The van der Waals surface area contributed by atoms with Gasteiger partial charge in [0.05, 0.1) is 0 Å².